The van der Waals surface area contributed by atoms with Crippen LogP contribution in [0.25, 0.3) is 6.08 Å². The van der Waals surface area contributed by atoms with Crippen molar-refractivity contribution < 1.29 is 4.79 Å². The van der Waals surface area contributed by atoms with Gasteiger partial charge in [-0.15, -0.1) is 0 Å². The molecule has 2 aromatic rings. The van der Waals surface area contributed by atoms with Crippen LogP contribution >= 0.6 is 0 Å². The van der Waals surface area contributed by atoms with Gasteiger partial charge in [-0.2, -0.15) is 0 Å². The number of benzene rings is 1. The Morgan fingerprint density at radius 3 is 2.39 bits per heavy atom. The fourth-order valence-electron chi connectivity index (χ4n) is 2.71. The number of pyridine rings is 1. The van der Waals surface area contributed by atoms with Crippen molar-refractivity contribution in [3.63, 3.8) is 0 Å². The number of hydrogen-bond acceptors (Lipinski definition) is 3. The first kappa shape index (κ1) is 15.4. The highest BCUT2D eigenvalue weighted by Gasteiger charge is 2.19. The molecule has 23 heavy (non-hydrogen) atoms. The highest BCUT2D eigenvalue weighted by Crippen LogP contribution is 2.09. The lowest BCUT2D eigenvalue weighted by molar-refractivity contribution is -0.127. The molecule has 1 fully saturated rings. The maximum atomic E-state index is 12.2. The van der Waals surface area contributed by atoms with Crippen molar-refractivity contribution in [3.05, 3.63) is 72.1 Å². The molecular formula is C19H21N3O. The van der Waals surface area contributed by atoms with Crippen LogP contribution in [0, 0.1) is 0 Å². The van der Waals surface area contributed by atoms with Gasteiger partial charge in [0.15, 0.2) is 0 Å². The van der Waals surface area contributed by atoms with E-state index in [4.69, 9.17) is 0 Å². The second-order valence-corrected chi connectivity index (χ2v) is 5.70. The van der Waals surface area contributed by atoms with Crippen molar-refractivity contribution in [1.29, 1.82) is 0 Å². The molecule has 1 aliphatic heterocycles. The summed E-state index contributed by atoms with van der Waals surface area (Å²) < 4.78 is 0. The van der Waals surface area contributed by atoms with Crippen LogP contribution in [-0.2, 0) is 11.3 Å². The van der Waals surface area contributed by atoms with Crippen LogP contribution in [0.15, 0.2) is 60.9 Å². The maximum absolute atomic E-state index is 12.2. The van der Waals surface area contributed by atoms with Gasteiger partial charge in [-0.1, -0.05) is 30.3 Å². The van der Waals surface area contributed by atoms with Crippen molar-refractivity contribution in [2.24, 2.45) is 0 Å². The summed E-state index contributed by atoms with van der Waals surface area (Å²) in [5, 5.41) is 0. The van der Waals surface area contributed by atoms with E-state index < -0.39 is 0 Å². The second-order valence-electron chi connectivity index (χ2n) is 5.70. The van der Waals surface area contributed by atoms with E-state index in [1.165, 1.54) is 5.56 Å². The molecule has 1 aromatic heterocycles. The molecule has 1 amide bonds. The molecule has 0 spiro atoms. The highest BCUT2D eigenvalue weighted by atomic mass is 16.2. The molecule has 1 aromatic carbocycles. The summed E-state index contributed by atoms with van der Waals surface area (Å²) in [5.41, 5.74) is 2.32. The SMILES string of the molecule is O=C(C=Cc1ccccc1)N1CCN(Cc2ccncc2)CC1. The normalized spacial score (nSPS) is 15.9. The molecule has 2 heterocycles. The lowest BCUT2D eigenvalue weighted by Crippen LogP contribution is -2.47. The zero-order valence-electron chi connectivity index (χ0n) is 13.1. The van der Waals surface area contributed by atoms with Crippen LogP contribution in [0.2, 0.25) is 0 Å². The van der Waals surface area contributed by atoms with Crippen molar-refractivity contribution in [2.75, 3.05) is 26.2 Å². The van der Waals surface area contributed by atoms with Gasteiger partial charge in [0.25, 0.3) is 0 Å². The molecule has 0 bridgehead atoms. The standard InChI is InChI=1S/C19H21N3O/c23-19(7-6-17-4-2-1-3-5-17)22-14-12-21(13-15-22)16-18-8-10-20-11-9-18/h1-11H,12-16H2. The smallest absolute Gasteiger partial charge is 0.246 e. The molecule has 0 saturated carbocycles. The van der Waals surface area contributed by atoms with Gasteiger partial charge in [-0.05, 0) is 29.3 Å². The number of piperazine rings is 1. The van der Waals surface area contributed by atoms with E-state index in [-0.39, 0.29) is 5.91 Å². The Morgan fingerprint density at radius 2 is 1.70 bits per heavy atom. The molecular weight excluding hydrogens is 286 g/mol. The van der Waals surface area contributed by atoms with Crippen LogP contribution < -0.4 is 0 Å². The Labute approximate surface area is 137 Å². The van der Waals surface area contributed by atoms with Gasteiger partial charge >= 0.3 is 0 Å². The van der Waals surface area contributed by atoms with E-state index in [9.17, 15) is 4.79 Å². The van der Waals surface area contributed by atoms with Crippen LogP contribution in [-0.4, -0.2) is 46.9 Å². The van der Waals surface area contributed by atoms with E-state index in [0.29, 0.717) is 0 Å². The first-order valence-corrected chi connectivity index (χ1v) is 7.94. The van der Waals surface area contributed by atoms with Crippen molar-refractivity contribution >= 4 is 12.0 Å². The summed E-state index contributed by atoms with van der Waals surface area (Å²) in [4.78, 5) is 20.6. The first-order valence-electron chi connectivity index (χ1n) is 7.94. The average Bonchev–Trinajstić information content (AvgIpc) is 2.62. The number of rotatable bonds is 4. The molecule has 0 atom stereocenters. The van der Waals surface area contributed by atoms with Gasteiger partial charge in [0.05, 0.1) is 0 Å². The first-order chi connectivity index (χ1) is 11.3. The quantitative estimate of drug-likeness (QED) is 0.814. The molecule has 0 aliphatic carbocycles. The summed E-state index contributed by atoms with van der Waals surface area (Å²) >= 11 is 0. The van der Waals surface area contributed by atoms with Gasteiger partial charge in [0.1, 0.15) is 0 Å². The van der Waals surface area contributed by atoms with E-state index in [2.05, 4.69) is 9.88 Å². The van der Waals surface area contributed by atoms with Crippen LogP contribution in [0.4, 0.5) is 0 Å². The minimum Gasteiger partial charge on any atom is -0.337 e. The number of nitrogens with zero attached hydrogens (tertiary/aromatic N) is 3. The van der Waals surface area contributed by atoms with E-state index >= 15 is 0 Å². The molecule has 1 aliphatic rings. The Balaban J connectivity index is 1.48. The minimum atomic E-state index is 0.0948. The molecule has 4 heteroatoms. The Morgan fingerprint density at radius 1 is 1.00 bits per heavy atom. The fourth-order valence-corrected chi connectivity index (χ4v) is 2.71. The van der Waals surface area contributed by atoms with Crippen molar-refractivity contribution in [2.45, 2.75) is 6.54 Å². The third-order valence-electron chi connectivity index (χ3n) is 4.06. The Kier molecular flexibility index (Phi) is 5.17. The number of amides is 1. The van der Waals surface area contributed by atoms with Gasteiger partial charge < -0.3 is 4.90 Å². The highest BCUT2D eigenvalue weighted by molar-refractivity contribution is 5.91. The summed E-state index contributed by atoms with van der Waals surface area (Å²) in [5.74, 6) is 0.0948. The van der Waals surface area contributed by atoms with Gasteiger partial charge in [-0.3, -0.25) is 14.7 Å². The van der Waals surface area contributed by atoms with Crippen molar-refractivity contribution in [1.82, 2.24) is 14.8 Å². The van der Waals surface area contributed by atoms with Crippen LogP contribution in [0.1, 0.15) is 11.1 Å². The molecule has 0 radical (unpaired) electrons. The Bertz CT molecular complexity index is 647. The Hall–Kier alpha value is -2.46. The molecule has 118 valence electrons. The lowest BCUT2D eigenvalue weighted by atomic mass is 10.2. The minimum absolute atomic E-state index is 0.0948. The van der Waals surface area contributed by atoms with Gasteiger partial charge in [0, 0.05) is 51.2 Å². The zero-order chi connectivity index (χ0) is 15.9. The zero-order valence-corrected chi connectivity index (χ0v) is 13.1. The monoisotopic (exact) mass is 307 g/mol. The summed E-state index contributed by atoms with van der Waals surface area (Å²) in [6, 6.07) is 14.0. The third kappa shape index (κ3) is 4.50. The number of hydrogen-bond donors (Lipinski definition) is 0. The van der Waals surface area contributed by atoms with E-state index in [1.807, 2.05) is 65.8 Å². The van der Waals surface area contributed by atoms with Gasteiger partial charge in [0.2, 0.25) is 5.91 Å². The topological polar surface area (TPSA) is 36.4 Å². The van der Waals surface area contributed by atoms with Crippen LogP contribution in [0.3, 0.4) is 0 Å². The predicted octanol–water partition coefficient (Wildman–Crippen LogP) is 2.44. The van der Waals surface area contributed by atoms with E-state index in [0.717, 1.165) is 38.3 Å². The predicted molar refractivity (Wildman–Crippen MR) is 91.6 cm³/mol. The average molecular weight is 307 g/mol. The lowest BCUT2D eigenvalue weighted by Gasteiger charge is -2.34. The van der Waals surface area contributed by atoms with Gasteiger partial charge in [-0.25, -0.2) is 0 Å². The molecule has 4 nitrogen and oxygen atoms in total. The fraction of sp³-hybridized carbons (Fsp3) is 0.263. The maximum Gasteiger partial charge on any atom is 0.246 e. The summed E-state index contributed by atoms with van der Waals surface area (Å²) in [7, 11) is 0. The van der Waals surface area contributed by atoms with Crippen molar-refractivity contribution in [3.8, 4) is 0 Å². The summed E-state index contributed by atoms with van der Waals surface area (Å²) in [6.45, 7) is 4.30. The number of aromatic nitrogens is 1. The number of carbonyl (C=O) groups excluding carboxylic acids is 1. The molecule has 1 saturated heterocycles. The molecule has 3 rings (SSSR count). The third-order valence-corrected chi connectivity index (χ3v) is 4.06. The van der Waals surface area contributed by atoms with E-state index in [1.54, 1.807) is 6.08 Å². The largest absolute Gasteiger partial charge is 0.337 e. The molecule has 0 unspecified atom stereocenters. The van der Waals surface area contributed by atoms with Crippen LogP contribution in [0.5, 0.6) is 0 Å². The summed E-state index contributed by atoms with van der Waals surface area (Å²) in [6.07, 6.45) is 7.20. The number of carbonyl (C=O) groups is 1. The molecule has 0 N–H and O–H groups in total. The second kappa shape index (κ2) is 7.70.